The maximum absolute atomic E-state index is 12.8. The predicted octanol–water partition coefficient (Wildman–Crippen LogP) is 3.50. The van der Waals surface area contributed by atoms with E-state index in [1.54, 1.807) is 0 Å². The molecule has 116 valence electrons. The van der Waals surface area contributed by atoms with E-state index in [0.717, 1.165) is 41.8 Å². The van der Waals surface area contributed by atoms with E-state index in [0.29, 0.717) is 6.61 Å². The fourth-order valence-electron chi connectivity index (χ4n) is 4.23. The number of piperidine rings is 1. The minimum Gasteiger partial charge on any atom is -0.488 e. The molecule has 2 heterocycles. The molecule has 1 aromatic rings. The summed E-state index contributed by atoms with van der Waals surface area (Å²) >= 11 is 0. The van der Waals surface area contributed by atoms with E-state index in [2.05, 4.69) is 4.90 Å². The van der Waals surface area contributed by atoms with Gasteiger partial charge in [-0.2, -0.15) is 0 Å². The Balaban J connectivity index is 1.49. The fourth-order valence-corrected chi connectivity index (χ4v) is 4.23. The molecule has 0 bridgehead atoms. The van der Waals surface area contributed by atoms with Crippen molar-refractivity contribution in [1.82, 2.24) is 4.90 Å². The summed E-state index contributed by atoms with van der Waals surface area (Å²) < 4.78 is 5.74. The summed E-state index contributed by atoms with van der Waals surface area (Å²) in [5.41, 5.74) is 1.82. The molecular weight excluding hydrogens is 274 g/mol. The van der Waals surface area contributed by atoms with Crippen LogP contribution in [-0.4, -0.2) is 30.5 Å². The highest BCUT2D eigenvalue weighted by atomic mass is 16.5. The molecule has 0 spiro atoms. The normalized spacial score (nSPS) is 27.3. The first kappa shape index (κ1) is 13.9. The molecule has 1 aromatic carbocycles. The predicted molar refractivity (Wildman–Crippen MR) is 86.6 cm³/mol. The van der Waals surface area contributed by atoms with Crippen LogP contribution in [0.25, 0.3) is 6.08 Å². The molecule has 0 unspecified atom stereocenters. The third-order valence-electron chi connectivity index (χ3n) is 5.49. The Labute approximate surface area is 132 Å². The van der Waals surface area contributed by atoms with Crippen molar-refractivity contribution in [2.24, 2.45) is 11.8 Å². The van der Waals surface area contributed by atoms with Crippen LogP contribution in [0.1, 0.15) is 37.7 Å². The topological polar surface area (TPSA) is 29.5 Å². The number of rotatable bonds is 1. The highest BCUT2D eigenvalue weighted by Gasteiger charge is 2.34. The van der Waals surface area contributed by atoms with E-state index in [-0.39, 0.29) is 5.91 Å². The lowest BCUT2D eigenvalue weighted by molar-refractivity contribution is -0.130. The zero-order valence-corrected chi connectivity index (χ0v) is 13.0. The summed E-state index contributed by atoms with van der Waals surface area (Å²) in [7, 11) is 0. The second kappa shape index (κ2) is 5.79. The van der Waals surface area contributed by atoms with Crippen molar-refractivity contribution < 1.29 is 9.53 Å². The number of fused-ring (bicyclic) bond motifs is 2. The number of hydrogen-bond acceptors (Lipinski definition) is 2. The van der Waals surface area contributed by atoms with Crippen molar-refractivity contribution in [2.75, 3.05) is 19.7 Å². The van der Waals surface area contributed by atoms with Gasteiger partial charge in [0.25, 0.3) is 5.91 Å². The van der Waals surface area contributed by atoms with Gasteiger partial charge in [-0.1, -0.05) is 37.5 Å². The average molecular weight is 297 g/mol. The first-order chi connectivity index (χ1) is 10.8. The second-order valence-corrected chi connectivity index (χ2v) is 6.84. The lowest BCUT2D eigenvalue weighted by atomic mass is 9.75. The monoisotopic (exact) mass is 297 g/mol. The number of benzene rings is 1. The van der Waals surface area contributed by atoms with Gasteiger partial charge in [0.05, 0.1) is 5.57 Å². The number of carbonyl (C=O) groups excluding carboxylic acids is 1. The number of likely N-dealkylation sites (tertiary alicyclic amines) is 1. The van der Waals surface area contributed by atoms with Crippen LogP contribution in [0.5, 0.6) is 5.75 Å². The molecule has 2 fully saturated rings. The number of ether oxygens (including phenoxy) is 1. The maximum atomic E-state index is 12.8. The van der Waals surface area contributed by atoms with Crippen LogP contribution in [0, 0.1) is 11.8 Å². The van der Waals surface area contributed by atoms with Crippen LogP contribution < -0.4 is 4.74 Å². The SMILES string of the molecule is O=C(C1=Cc2ccccc2OC1)N1CC[C@@H]2CCCC[C@@H]2C1. The fraction of sp³-hybridized carbons (Fsp3) is 0.526. The van der Waals surface area contributed by atoms with E-state index in [4.69, 9.17) is 4.74 Å². The molecule has 1 saturated carbocycles. The van der Waals surface area contributed by atoms with E-state index in [1.165, 1.54) is 32.1 Å². The van der Waals surface area contributed by atoms with E-state index >= 15 is 0 Å². The number of hydrogen-bond donors (Lipinski definition) is 0. The van der Waals surface area contributed by atoms with Crippen molar-refractivity contribution >= 4 is 12.0 Å². The quantitative estimate of drug-likeness (QED) is 0.794. The van der Waals surface area contributed by atoms with Gasteiger partial charge in [-0.25, -0.2) is 0 Å². The van der Waals surface area contributed by atoms with E-state index in [9.17, 15) is 4.79 Å². The van der Waals surface area contributed by atoms with Crippen LogP contribution in [0.4, 0.5) is 0 Å². The number of nitrogens with zero attached hydrogens (tertiary/aromatic N) is 1. The van der Waals surface area contributed by atoms with Crippen molar-refractivity contribution in [2.45, 2.75) is 32.1 Å². The highest BCUT2D eigenvalue weighted by Crippen LogP contribution is 2.36. The second-order valence-electron chi connectivity index (χ2n) is 6.84. The van der Waals surface area contributed by atoms with Crippen LogP contribution in [0.3, 0.4) is 0 Å². The smallest absolute Gasteiger partial charge is 0.253 e. The summed E-state index contributed by atoms with van der Waals surface area (Å²) in [5, 5.41) is 0. The summed E-state index contributed by atoms with van der Waals surface area (Å²) in [6.07, 6.45) is 8.57. The van der Waals surface area contributed by atoms with Crippen molar-refractivity contribution in [3.8, 4) is 5.75 Å². The minimum absolute atomic E-state index is 0.179. The van der Waals surface area contributed by atoms with E-state index < -0.39 is 0 Å². The molecule has 0 N–H and O–H groups in total. The molecule has 3 nitrogen and oxygen atoms in total. The first-order valence-electron chi connectivity index (χ1n) is 8.53. The molecule has 0 aromatic heterocycles. The third kappa shape index (κ3) is 2.53. The molecule has 3 heteroatoms. The van der Waals surface area contributed by atoms with Crippen LogP contribution in [-0.2, 0) is 4.79 Å². The van der Waals surface area contributed by atoms with Gasteiger partial charge in [0.1, 0.15) is 12.4 Å². The number of amides is 1. The van der Waals surface area contributed by atoms with Gasteiger partial charge in [-0.05, 0) is 36.8 Å². The van der Waals surface area contributed by atoms with Gasteiger partial charge >= 0.3 is 0 Å². The lowest BCUT2D eigenvalue weighted by Gasteiger charge is -2.41. The molecule has 1 amide bonds. The molecule has 22 heavy (non-hydrogen) atoms. The molecule has 4 rings (SSSR count). The molecule has 1 aliphatic carbocycles. The van der Waals surface area contributed by atoms with Gasteiger partial charge in [0.15, 0.2) is 0 Å². The minimum atomic E-state index is 0.179. The summed E-state index contributed by atoms with van der Waals surface area (Å²) in [5.74, 6) is 2.64. The Bertz CT molecular complexity index is 607. The first-order valence-corrected chi connectivity index (χ1v) is 8.53. The number of para-hydroxylation sites is 1. The molecule has 3 aliphatic rings. The zero-order chi connectivity index (χ0) is 14.9. The molecular formula is C19H23NO2. The summed E-state index contributed by atoms with van der Waals surface area (Å²) in [6.45, 7) is 2.27. The summed E-state index contributed by atoms with van der Waals surface area (Å²) in [6, 6.07) is 7.92. The number of carbonyl (C=O) groups is 1. The maximum Gasteiger partial charge on any atom is 0.253 e. The average Bonchev–Trinajstić information content (AvgIpc) is 2.60. The van der Waals surface area contributed by atoms with Crippen LogP contribution in [0.15, 0.2) is 29.8 Å². The molecule has 0 radical (unpaired) electrons. The van der Waals surface area contributed by atoms with Gasteiger partial charge in [0, 0.05) is 18.7 Å². The van der Waals surface area contributed by atoms with Crippen LogP contribution in [0.2, 0.25) is 0 Å². The Morgan fingerprint density at radius 1 is 1.09 bits per heavy atom. The van der Waals surface area contributed by atoms with Crippen molar-refractivity contribution in [3.63, 3.8) is 0 Å². The highest BCUT2D eigenvalue weighted by molar-refractivity contribution is 5.99. The largest absolute Gasteiger partial charge is 0.488 e. The third-order valence-corrected chi connectivity index (χ3v) is 5.49. The Kier molecular flexibility index (Phi) is 3.65. The van der Waals surface area contributed by atoms with E-state index in [1.807, 2.05) is 30.3 Å². The van der Waals surface area contributed by atoms with Crippen molar-refractivity contribution in [1.29, 1.82) is 0 Å². The van der Waals surface area contributed by atoms with Gasteiger partial charge in [0.2, 0.25) is 0 Å². The summed E-state index contributed by atoms with van der Waals surface area (Å²) in [4.78, 5) is 14.9. The zero-order valence-electron chi connectivity index (χ0n) is 13.0. The Morgan fingerprint density at radius 2 is 1.91 bits per heavy atom. The lowest BCUT2D eigenvalue weighted by Crippen LogP contribution is -2.45. The van der Waals surface area contributed by atoms with Gasteiger partial charge in [-0.3, -0.25) is 4.79 Å². The Hall–Kier alpha value is -1.77. The standard InChI is InChI=1S/C19H23NO2/c21-19(17-11-15-6-3-4-8-18(15)22-13-17)20-10-9-14-5-1-2-7-16(14)12-20/h3-4,6,8,11,14,16H,1-2,5,7,9-10,12-13H2/t14-,16+/m0/s1. The van der Waals surface area contributed by atoms with Gasteiger partial charge < -0.3 is 9.64 Å². The molecule has 1 saturated heterocycles. The van der Waals surface area contributed by atoms with Gasteiger partial charge in [-0.15, -0.1) is 0 Å². The van der Waals surface area contributed by atoms with Crippen LogP contribution >= 0.6 is 0 Å². The van der Waals surface area contributed by atoms with Crippen molar-refractivity contribution in [3.05, 3.63) is 35.4 Å². The Morgan fingerprint density at radius 3 is 2.82 bits per heavy atom. The molecule has 2 atom stereocenters. The molecule has 2 aliphatic heterocycles.